The second-order valence-corrected chi connectivity index (χ2v) is 6.04. The predicted molar refractivity (Wildman–Crippen MR) is 91.8 cm³/mol. The van der Waals surface area contributed by atoms with Crippen molar-refractivity contribution in [3.05, 3.63) is 52.0 Å². The number of hydrogen-bond acceptors (Lipinski definition) is 4. The highest BCUT2D eigenvalue weighted by molar-refractivity contribution is 6.42. The van der Waals surface area contributed by atoms with Crippen LogP contribution >= 0.6 is 23.2 Å². The summed E-state index contributed by atoms with van der Waals surface area (Å²) in [5.74, 6) is -0.420. The number of benzene rings is 1. The van der Waals surface area contributed by atoms with E-state index in [-0.39, 0.29) is 15.6 Å². The number of rotatable bonds is 2. The Morgan fingerprint density at radius 2 is 2.17 bits per heavy atom. The second kappa shape index (κ2) is 5.47. The van der Waals surface area contributed by atoms with Crippen LogP contribution in [-0.4, -0.2) is 30.7 Å². The third-order valence-electron chi connectivity index (χ3n) is 3.72. The molecule has 2 N–H and O–H groups in total. The molecular formula is C15H10Cl2N6O. The van der Waals surface area contributed by atoms with Gasteiger partial charge in [-0.25, -0.2) is 0 Å². The van der Waals surface area contributed by atoms with Gasteiger partial charge in [-0.1, -0.05) is 23.2 Å². The Morgan fingerprint density at radius 3 is 3.00 bits per heavy atom. The number of fused-ring (bicyclic) bond motifs is 2. The Labute approximate surface area is 145 Å². The van der Waals surface area contributed by atoms with Gasteiger partial charge in [0.25, 0.3) is 5.91 Å². The van der Waals surface area contributed by atoms with E-state index in [4.69, 9.17) is 23.2 Å². The van der Waals surface area contributed by atoms with Crippen molar-refractivity contribution in [1.82, 2.24) is 24.8 Å². The molecule has 0 spiro atoms. The van der Waals surface area contributed by atoms with Crippen molar-refractivity contribution >= 4 is 51.3 Å². The summed E-state index contributed by atoms with van der Waals surface area (Å²) in [4.78, 5) is 12.6. The van der Waals surface area contributed by atoms with Crippen LogP contribution in [0.4, 0.5) is 5.69 Å². The smallest absolute Gasteiger partial charge is 0.258 e. The van der Waals surface area contributed by atoms with E-state index in [0.29, 0.717) is 11.3 Å². The zero-order valence-corrected chi connectivity index (χ0v) is 13.9. The number of anilines is 1. The SMILES string of the molecule is Cc1n[nH]c2ccc(NC(=O)c3c(Cl)cn4cnnc4c3Cl)cc12. The Bertz CT molecular complexity index is 1100. The van der Waals surface area contributed by atoms with E-state index in [9.17, 15) is 4.79 Å². The Hall–Kier alpha value is -2.64. The van der Waals surface area contributed by atoms with Crippen LogP contribution in [-0.2, 0) is 0 Å². The summed E-state index contributed by atoms with van der Waals surface area (Å²) in [6.07, 6.45) is 3.01. The van der Waals surface area contributed by atoms with E-state index in [0.717, 1.165) is 16.6 Å². The van der Waals surface area contributed by atoms with E-state index < -0.39 is 5.91 Å². The van der Waals surface area contributed by atoms with Crippen LogP contribution in [0.1, 0.15) is 16.1 Å². The second-order valence-electron chi connectivity index (χ2n) is 5.25. The first kappa shape index (κ1) is 14.9. The average molecular weight is 361 g/mol. The Kier molecular flexibility index (Phi) is 3.40. The molecule has 0 aliphatic heterocycles. The van der Waals surface area contributed by atoms with Crippen molar-refractivity contribution < 1.29 is 4.79 Å². The zero-order chi connectivity index (χ0) is 16.8. The number of aryl methyl sites for hydroxylation is 1. The monoisotopic (exact) mass is 360 g/mol. The van der Waals surface area contributed by atoms with Gasteiger partial charge in [-0.15, -0.1) is 10.2 Å². The van der Waals surface area contributed by atoms with Crippen molar-refractivity contribution in [2.75, 3.05) is 5.32 Å². The zero-order valence-electron chi connectivity index (χ0n) is 12.3. The fourth-order valence-electron chi connectivity index (χ4n) is 2.52. The largest absolute Gasteiger partial charge is 0.322 e. The molecular weight excluding hydrogens is 351 g/mol. The van der Waals surface area contributed by atoms with Gasteiger partial charge in [0.1, 0.15) is 11.3 Å². The van der Waals surface area contributed by atoms with Crippen molar-refractivity contribution in [3.63, 3.8) is 0 Å². The molecule has 3 heterocycles. The number of aromatic nitrogens is 5. The first-order chi connectivity index (χ1) is 11.5. The normalized spacial score (nSPS) is 11.3. The highest BCUT2D eigenvalue weighted by Gasteiger charge is 2.19. The lowest BCUT2D eigenvalue weighted by molar-refractivity contribution is 0.102. The highest BCUT2D eigenvalue weighted by Crippen LogP contribution is 2.29. The topological polar surface area (TPSA) is 88.0 Å². The summed E-state index contributed by atoms with van der Waals surface area (Å²) >= 11 is 12.5. The van der Waals surface area contributed by atoms with E-state index in [1.54, 1.807) is 16.7 Å². The quantitative estimate of drug-likeness (QED) is 0.572. The Morgan fingerprint density at radius 1 is 1.33 bits per heavy atom. The standard InChI is InChI=1S/C15H10Cl2N6O/c1-7-9-4-8(2-3-11(9)21-20-7)19-15(24)12-10(16)5-23-6-18-22-14(23)13(12)17/h2-6H,1H3,(H,19,24)(H,20,21). The molecule has 1 amide bonds. The van der Waals surface area contributed by atoms with Crippen LogP contribution in [0.5, 0.6) is 0 Å². The molecule has 0 fully saturated rings. The van der Waals surface area contributed by atoms with Gasteiger partial charge in [0.2, 0.25) is 0 Å². The lowest BCUT2D eigenvalue weighted by atomic mass is 10.2. The summed E-state index contributed by atoms with van der Waals surface area (Å²) in [5.41, 5.74) is 2.88. The molecule has 120 valence electrons. The molecule has 3 aromatic heterocycles. The number of pyridine rings is 1. The Balaban J connectivity index is 1.74. The molecule has 4 rings (SSSR count). The van der Waals surface area contributed by atoms with Gasteiger partial charge in [-0.2, -0.15) is 5.10 Å². The minimum atomic E-state index is -0.420. The first-order valence-corrected chi connectivity index (χ1v) is 7.73. The molecule has 4 aromatic rings. The maximum Gasteiger partial charge on any atom is 0.258 e. The fraction of sp³-hybridized carbons (Fsp3) is 0.0667. The van der Waals surface area contributed by atoms with E-state index >= 15 is 0 Å². The molecule has 7 nitrogen and oxygen atoms in total. The molecule has 24 heavy (non-hydrogen) atoms. The van der Waals surface area contributed by atoms with Crippen LogP contribution in [0.25, 0.3) is 16.6 Å². The molecule has 0 atom stereocenters. The van der Waals surface area contributed by atoms with Gasteiger partial charge in [-0.05, 0) is 25.1 Å². The maximum absolute atomic E-state index is 12.6. The fourth-order valence-corrected chi connectivity index (χ4v) is 3.18. The van der Waals surface area contributed by atoms with Crippen molar-refractivity contribution in [2.45, 2.75) is 6.92 Å². The van der Waals surface area contributed by atoms with Crippen LogP contribution in [0.15, 0.2) is 30.7 Å². The lowest BCUT2D eigenvalue weighted by Gasteiger charge is -2.09. The highest BCUT2D eigenvalue weighted by atomic mass is 35.5. The molecule has 0 radical (unpaired) electrons. The average Bonchev–Trinajstić information content (AvgIpc) is 3.15. The minimum absolute atomic E-state index is 0.151. The van der Waals surface area contributed by atoms with Gasteiger partial charge in [0.05, 0.1) is 21.8 Å². The summed E-state index contributed by atoms with van der Waals surface area (Å²) < 4.78 is 1.56. The summed E-state index contributed by atoms with van der Waals surface area (Å²) in [7, 11) is 0. The molecule has 0 bridgehead atoms. The summed E-state index contributed by atoms with van der Waals surface area (Å²) in [5, 5.41) is 18.8. The molecule has 0 saturated heterocycles. The lowest BCUT2D eigenvalue weighted by Crippen LogP contribution is -2.14. The number of halogens is 2. The molecule has 9 heteroatoms. The van der Waals surface area contributed by atoms with Crippen LogP contribution < -0.4 is 5.32 Å². The third-order valence-corrected chi connectivity index (χ3v) is 4.36. The van der Waals surface area contributed by atoms with E-state index in [2.05, 4.69) is 25.7 Å². The summed E-state index contributed by atoms with van der Waals surface area (Å²) in [6, 6.07) is 5.45. The molecule has 0 aliphatic carbocycles. The summed E-state index contributed by atoms with van der Waals surface area (Å²) in [6.45, 7) is 1.89. The van der Waals surface area contributed by atoms with Gasteiger partial charge < -0.3 is 5.32 Å². The molecule has 1 aromatic carbocycles. The van der Waals surface area contributed by atoms with Crippen LogP contribution in [0.2, 0.25) is 10.0 Å². The number of H-pyrrole nitrogens is 1. The molecule has 0 unspecified atom stereocenters. The van der Waals surface area contributed by atoms with Gasteiger partial charge in [-0.3, -0.25) is 14.3 Å². The number of aromatic amines is 1. The number of nitrogens with one attached hydrogen (secondary N) is 2. The molecule has 0 aliphatic rings. The number of carbonyl (C=O) groups is 1. The number of hydrogen-bond donors (Lipinski definition) is 2. The molecule has 0 saturated carbocycles. The van der Waals surface area contributed by atoms with Crippen molar-refractivity contribution in [3.8, 4) is 0 Å². The van der Waals surface area contributed by atoms with E-state index in [1.165, 1.54) is 6.33 Å². The number of carbonyl (C=O) groups excluding carboxylic acids is 1. The number of amides is 1. The van der Waals surface area contributed by atoms with Gasteiger partial charge in [0, 0.05) is 17.3 Å². The van der Waals surface area contributed by atoms with Crippen molar-refractivity contribution in [1.29, 1.82) is 0 Å². The van der Waals surface area contributed by atoms with Gasteiger partial charge in [0.15, 0.2) is 5.65 Å². The minimum Gasteiger partial charge on any atom is -0.322 e. The first-order valence-electron chi connectivity index (χ1n) is 6.98. The van der Waals surface area contributed by atoms with Gasteiger partial charge >= 0.3 is 0 Å². The van der Waals surface area contributed by atoms with Crippen molar-refractivity contribution in [2.24, 2.45) is 0 Å². The van der Waals surface area contributed by atoms with Crippen LogP contribution in [0, 0.1) is 6.92 Å². The number of nitrogens with zero attached hydrogens (tertiary/aromatic N) is 4. The maximum atomic E-state index is 12.6. The van der Waals surface area contributed by atoms with Crippen LogP contribution in [0.3, 0.4) is 0 Å². The third kappa shape index (κ3) is 2.29. The van der Waals surface area contributed by atoms with E-state index in [1.807, 2.05) is 19.1 Å². The predicted octanol–water partition coefficient (Wildman–Crippen LogP) is 3.47.